The molecule has 0 bridgehead atoms. The second-order valence-corrected chi connectivity index (χ2v) is 9.57. The van der Waals surface area contributed by atoms with Crippen molar-refractivity contribution < 1.29 is 6.53 Å². The standard InChI is InChI=1S/C25H33NO.C3H8.2C2H6.CH4.H2/c1-18-7-9-20(10-8-18)17-26-25-14-11-21-16-22(27)12-13-23(21)24(25)15-19-5-3-2-4-6-19;1-3-2;2*1-2;;/h2-6,12-13,16,18,20,24-27H,7-11,14-15,17H2,1H3;3H2,1-2H3;2*1-2H3;1H4;1H. The van der Waals surface area contributed by atoms with Gasteiger partial charge in [-0.25, -0.2) is 0 Å². The van der Waals surface area contributed by atoms with Gasteiger partial charge < -0.3 is 10.4 Å². The SMILES string of the molecule is C.CC.CC.CC1CCC(CNC2CCc3cc(O)ccc3C2Cc2ccccc2)CC1.CCC.[HH]. The van der Waals surface area contributed by atoms with E-state index in [0.717, 1.165) is 37.6 Å². The van der Waals surface area contributed by atoms with E-state index in [1.807, 2.05) is 39.8 Å². The molecule has 2 aromatic rings. The first-order valence-electron chi connectivity index (χ1n) is 14.2. The Bertz CT molecular complexity index is 756. The van der Waals surface area contributed by atoms with Crippen molar-refractivity contribution in [2.75, 3.05) is 6.54 Å². The maximum atomic E-state index is 9.91. The molecule has 2 aromatic carbocycles. The minimum absolute atomic E-state index is 0. The molecule has 2 N–H and O–H groups in total. The van der Waals surface area contributed by atoms with Crippen LogP contribution in [0.4, 0.5) is 0 Å². The fourth-order valence-electron chi connectivity index (χ4n) is 5.12. The van der Waals surface area contributed by atoms with Gasteiger partial charge in [0.25, 0.3) is 0 Å². The van der Waals surface area contributed by atoms with Gasteiger partial charge >= 0.3 is 0 Å². The average molecular weight is 486 g/mol. The summed E-state index contributed by atoms with van der Waals surface area (Å²) in [6.07, 6.45) is 10.1. The molecule has 35 heavy (non-hydrogen) atoms. The highest BCUT2D eigenvalue weighted by Crippen LogP contribution is 2.37. The van der Waals surface area contributed by atoms with Crippen molar-refractivity contribution in [3.05, 3.63) is 65.2 Å². The van der Waals surface area contributed by atoms with Gasteiger partial charge in [0.2, 0.25) is 0 Å². The summed E-state index contributed by atoms with van der Waals surface area (Å²) in [5, 5.41) is 13.9. The number of rotatable bonds is 5. The summed E-state index contributed by atoms with van der Waals surface area (Å²) in [6, 6.07) is 17.4. The highest BCUT2D eigenvalue weighted by molar-refractivity contribution is 5.41. The van der Waals surface area contributed by atoms with Crippen molar-refractivity contribution in [3.63, 3.8) is 0 Å². The second-order valence-electron chi connectivity index (χ2n) is 9.57. The topological polar surface area (TPSA) is 32.3 Å². The van der Waals surface area contributed by atoms with Gasteiger partial charge in [-0.1, -0.05) is 112 Å². The highest BCUT2D eigenvalue weighted by Gasteiger charge is 2.30. The molecule has 2 atom stereocenters. The first kappa shape index (κ1) is 33.2. The number of phenols is 1. The summed E-state index contributed by atoms with van der Waals surface area (Å²) in [4.78, 5) is 0. The number of hydrogen-bond donors (Lipinski definition) is 2. The van der Waals surface area contributed by atoms with Crippen LogP contribution in [0.2, 0.25) is 0 Å². The van der Waals surface area contributed by atoms with E-state index in [1.54, 1.807) is 0 Å². The van der Waals surface area contributed by atoms with Crippen LogP contribution in [0.15, 0.2) is 48.5 Å². The molecule has 2 heteroatoms. The third-order valence-corrected chi connectivity index (χ3v) is 6.84. The van der Waals surface area contributed by atoms with Gasteiger partial charge in [-0.15, -0.1) is 0 Å². The van der Waals surface area contributed by atoms with Crippen LogP contribution < -0.4 is 5.32 Å². The van der Waals surface area contributed by atoms with E-state index in [-0.39, 0.29) is 8.85 Å². The van der Waals surface area contributed by atoms with Gasteiger partial charge in [-0.05, 0) is 79.3 Å². The fraction of sp³-hybridized carbons (Fsp3) is 0.636. The maximum absolute atomic E-state index is 9.91. The lowest BCUT2D eigenvalue weighted by atomic mass is 9.75. The van der Waals surface area contributed by atoms with E-state index in [1.165, 1.54) is 48.8 Å². The van der Waals surface area contributed by atoms with Gasteiger partial charge in [0, 0.05) is 13.4 Å². The molecular weight excluding hydrogens is 426 g/mol. The van der Waals surface area contributed by atoms with Crippen molar-refractivity contribution in [1.29, 1.82) is 0 Å². The number of benzene rings is 2. The first-order chi connectivity index (χ1) is 16.6. The van der Waals surface area contributed by atoms with Crippen LogP contribution in [0.5, 0.6) is 5.75 Å². The number of hydrogen-bond acceptors (Lipinski definition) is 2. The Labute approximate surface area is 220 Å². The molecule has 1 fully saturated rings. The van der Waals surface area contributed by atoms with Crippen molar-refractivity contribution in [1.82, 2.24) is 5.32 Å². The lowest BCUT2D eigenvalue weighted by Crippen LogP contribution is -2.42. The van der Waals surface area contributed by atoms with Crippen LogP contribution in [0.25, 0.3) is 0 Å². The number of nitrogens with one attached hydrogen (secondary N) is 1. The first-order valence-corrected chi connectivity index (χ1v) is 14.2. The van der Waals surface area contributed by atoms with E-state index >= 15 is 0 Å². The Balaban J connectivity index is 0. The zero-order chi connectivity index (χ0) is 25.3. The van der Waals surface area contributed by atoms with Gasteiger partial charge in [0.05, 0.1) is 0 Å². The predicted molar refractivity (Wildman–Crippen MR) is 160 cm³/mol. The van der Waals surface area contributed by atoms with Crippen molar-refractivity contribution in [2.24, 2.45) is 11.8 Å². The molecule has 0 heterocycles. The summed E-state index contributed by atoms with van der Waals surface area (Å²) in [5.41, 5.74) is 4.17. The van der Waals surface area contributed by atoms with E-state index in [0.29, 0.717) is 17.7 Å². The highest BCUT2D eigenvalue weighted by atomic mass is 16.3. The molecule has 0 aromatic heterocycles. The predicted octanol–water partition coefficient (Wildman–Crippen LogP) is 9.80. The normalized spacial score (nSPS) is 22.4. The number of aromatic hydroxyl groups is 1. The summed E-state index contributed by atoms with van der Waals surface area (Å²) >= 11 is 0. The molecule has 0 spiro atoms. The van der Waals surface area contributed by atoms with Crippen molar-refractivity contribution in [2.45, 2.75) is 119 Å². The van der Waals surface area contributed by atoms with Crippen LogP contribution in [0.3, 0.4) is 0 Å². The Morgan fingerprint density at radius 1 is 0.886 bits per heavy atom. The van der Waals surface area contributed by atoms with Gasteiger partial charge in [0.15, 0.2) is 0 Å². The molecule has 2 aliphatic carbocycles. The summed E-state index contributed by atoms with van der Waals surface area (Å²) in [6.45, 7) is 15.8. The van der Waals surface area contributed by atoms with E-state index < -0.39 is 0 Å². The van der Waals surface area contributed by atoms with E-state index in [9.17, 15) is 5.11 Å². The third-order valence-electron chi connectivity index (χ3n) is 6.84. The van der Waals surface area contributed by atoms with Crippen molar-refractivity contribution >= 4 is 0 Å². The largest absolute Gasteiger partial charge is 0.508 e. The molecule has 2 unspecified atom stereocenters. The monoisotopic (exact) mass is 485 g/mol. The van der Waals surface area contributed by atoms with Gasteiger partial charge in [-0.2, -0.15) is 0 Å². The zero-order valence-corrected chi connectivity index (χ0v) is 23.2. The molecule has 202 valence electrons. The molecule has 0 radical (unpaired) electrons. The van der Waals surface area contributed by atoms with Gasteiger partial charge in [-0.3, -0.25) is 0 Å². The minimum Gasteiger partial charge on any atom is -0.508 e. The molecule has 0 aliphatic heterocycles. The smallest absolute Gasteiger partial charge is 0.115 e. The Morgan fingerprint density at radius 2 is 1.49 bits per heavy atom. The Hall–Kier alpha value is -1.80. The summed E-state index contributed by atoms with van der Waals surface area (Å²) < 4.78 is 0. The van der Waals surface area contributed by atoms with Crippen LogP contribution in [0, 0.1) is 11.8 Å². The summed E-state index contributed by atoms with van der Waals surface area (Å²) in [5.74, 6) is 2.65. The van der Waals surface area contributed by atoms with Gasteiger partial charge in [0.1, 0.15) is 5.75 Å². The molecule has 1 saturated carbocycles. The summed E-state index contributed by atoms with van der Waals surface area (Å²) in [7, 11) is 0. The van der Waals surface area contributed by atoms with Crippen LogP contribution >= 0.6 is 0 Å². The molecule has 2 aliphatic rings. The van der Waals surface area contributed by atoms with Crippen molar-refractivity contribution in [3.8, 4) is 5.75 Å². The molecule has 2 nitrogen and oxygen atoms in total. The van der Waals surface area contributed by atoms with E-state index in [4.69, 9.17) is 0 Å². The van der Waals surface area contributed by atoms with Crippen LogP contribution in [-0.2, 0) is 12.8 Å². The zero-order valence-electron chi connectivity index (χ0n) is 23.2. The number of aryl methyl sites for hydroxylation is 1. The lowest BCUT2D eigenvalue weighted by Gasteiger charge is -2.36. The Kier molecular flexibility index (Phi) is 18.4. The fourth-order valence-corrected chi connectivity index (χ4v) is 5.12. The third kappa shape index (κ3) is 11.2. The van der Waals surface area contributed by atoms with E-state index in [2.05, 4.69) is 62.5 Å². The van der Waals surface area contributed by atoms with Crippen LogP contribution in [0.1, 0.15) is 118 Å². The second kappa shape index (κ2) is 19.4. The quantitative estimate of drug-likeness (QED) is 0.441. The number of fused-ring (bicyclic) bond motifs is 1. The molecular formula is C33H59NO. The average Bonchev–Trinajstić information content (AvgIpc) is 2.88. The Morgan fingerprint density at radius 3 is 2.09 bits per heavy atom. The maximum Gasteiger partial charge on any atom is 0.115 e. The molecule has 4 rings (SSSR count). The minimum atomic E-state index is 0. The molecule has 0 saturated heterocycles. The molecule has 0 amide bonds. The number of phenolic OH excluding ortho intramolecular Hbond substituents is 1. The lowest BCUT2D eigenvalue weighted by molar-refractivity contribution is 0.262. The van der Waals surface area contributed by atoms with Crippen LogP contribution in [-0.4, -0.2) is 17.7 Å².